The highest BCUT2D eigenvalue weighted by atomic mass is 16.7. The van der Waals surface area contributed by atoms with Gasteiger partial charge in [0.1, 0.15) is 6.04 Å². The standard InChI is InChI=1S/C17H20N2O4/c1-18-17(21)13-4-2-3-9-19(13)16(20)8-6-12-5-7-14-15(10-12)23-11-22-14/h5-8,10,13H,2-4,9,11H2,1H3,(H,18,21)/b8-6-/t13-/m0/s1. The molecule has 0 aromatic heterocycles. The van der Waals surface area contributed by atoms with Crippen LogP contribution in [0.15, 0.2) is 24.3 Å². The van der Waals surface area contributed by atoms with Gasteiger partial charge in [0.25, 0.3) is 0 Å². The molecule has 6 heteroatoms. The minimum Gasteiger partial charge on any atom is -0.454 e. The van der Waals surface area contributed by atoms with Gasteiger partial charge < -0.3 is 19.7 Å². The lowest BCUT2D eigenvalue weighted by Crippen LogP contribution is -2.50. The second-order valence-corrected chi connectivity index (χ2v) is 5.60. The summed E-state index contributed by atoms with van der Waals surface area (Å²) in [6, 6.07) is 5.14. The summed E-state index contributed by atoms with van der Waals surface area (Å²) in [6.07, 6.45) is 5.85. The van der Waals surface area contributed by atoms with Crippen LogP contribution in [-0.2, 0) is 9.59 Å². The molecule has 0 spiro atoms. The number of carbonyl (C=O) groups excluding carboxylic acids is 2. The van der Waals surface area contributed by atoms with Crippen molar-refractivity contribution in [3.63, 3.8) is 0 Å². The number of carbonyl (C=O) groups is 2. The minimum atomic E-state index is -0.373. The normalized spacial score (nSPS) is 19.9. The van der Waals surface area contributed by atoms with Crippen LogP contribution in [0.5, 0.6) is 11.5 Å². The molecule has 1 saturated heterocycles. The Labute approximate surface area is 135 Å². The average molecular weight is 316 g/mol. The van der Waals surface area contributed by atoms with Crippen molar-refractivity contribution in [2.45, 2.75) is 25.3 Å². The quantitative estimate of drug-likeness (QED) is 0.859. The lowest BCUT2D eigenvalue weighted by molar-refractivity contribution is -0.138. The first-order valence-electron chi connectivity index (χ1n) is 7.79. The summed E-state index contributed by atoms with van der Waals surface area (Å²) < 4.78 is 10.6. The van der Waals surface area contributed by atoms with E-state index >= 15 is 0 Å². The number of hydrogen-bond donors (Lipinski definition) is 1. The number of hydrogen-bond acceptors (Lipinski definition) is 4. The van der Waals surface area contributed by atoms with Gasteiger partial charge >= 0.3 is 0 Å². The Balaban J connectivity index is 1.71. The van der Waals surface area contributed by atoms with Crippen LogP contribution in [0.4, 0.5) is 0 Å². The molecule has 0 aliphatic carbocycles. The van der Waals surface area contributed by atoms with Gasteiger partial charge in [-0.1, -0.05) is 6.07 Å². The second-order valence-electron chi connectivity index (χ2n) is 5.60. The Kier molecular flexibility index (Phi) is 4.50. The summed E-state index contributed by atoms with van der Waals surface area (Å²) in [6.45, 7) is 0.839. The first-order chi connectivity index (χ1) is 11.2. The van der Waals surface area contributed by atoms with Crippen molar-refractivity contribution in [1.29, 1.82) is 0 Å². The van der Waals surface area contributed by atoms with Gasteiger partial charge in [-0.25, -0.2) is 0 Å². The first kappa shape index (κ1) is 15.4. The lowest BCUT2D eigenvalue weighted by atomic mass is 10.0. The van der Waals surface area contributed by atoms with E-state index in [1.165, 1.54) is 6.08 Å². The van der Waals surface area contributed by atoms with E-state index in [0.717, 1.165) is 18.4 Å². The first-order valence-corrected chi connectivity index (χ1v) is 7.79. The number of nitrogens with one attached hydrogen (secondary N) is 1. The van der Waals surface area contributed by atoms with Crippen LogP contribution in [0, 0.1) is 0 Å². The van der Waals surface area contributed by atoms with Gasteiger partial charge in [-0.15, -0.1) is 0 Å². The van der Waals surface area contributed by atoms with Crippen LogP contribution in [-0.4, -0.2) is 43.1 Å². The molecule has 0 unspecified atom stereocenters. The van der Waals surface area contributed by atoms with Crippen LogP contribution >= 0.6 is 0 Å². The molecule has 1 atom stereocenters. The number of rotatable bonds is 3. The van der Waals surface area contributed by atoms with Crippen molar-refractivity contribution in [3.05, 3.63) is 29.8 Å². The van der Waals surface area contributed by atoms with E-state index in [0.29, 0.717) is 24.5 Å². The van der Waals surface area contributed by atoms with Gasteiger partial charge in [-0.2, -0.15) is 0 Å². The molecule has 1 aromatic carbocycles. The largest absolute Gasteiger partial charge is 0.454 e. The predicted octanol–water partition coefficient (Wildman–Crippen LogP) is 1.56. The highest BCUT2D eigenvalue weighted by Crippen LogP contribution is 2.32. The number of nitrogens with zero attached hydrogens (tertiary/aromatic N) is 1. The fraction of sp³-hybridized carbons (Fsp3) is 0.412. The molecule has 2 amide bonds. The van der Waals surface area contributed by atoms with Crippen LogP contribution in [0.3, 0.4) is 0 Å². The van der Waals surface area contributed by atoms with Crippen LogP contribution in [0.1, 0.15) is 24.8 Å². The van der Waals surface area contributed by atoms with Gasteiger partial charge in [-0.05, 0) is 43.0 Å². The number of amides is 2. The van der Waals surface area contributed by atoms with E-state index in [1.807, 2.05) is 18.2 Å². The van der Waals surface area contributed by atoms with Crippen molar-refractivity contribution in [2.24, 2.45) is 0 Å². The van der Waals surface area contributed by atoms with Crippen LogP contribution in [0.25, 0.3) is 6.08 Å². The predicted molar refractivity (Wildman–Crippen MR) is 85.0 cm³/mol. The summed E-state index contributed by atoms with van der Waals surface area (Å²) in [5.41, 5.74) is 0.858. The zero-order valence-electron chi connectivity index (χ0n) is 13.1. The van der Waals surface area contributed by atoms with Crippen LogP contribution < -0.4 is 14.8 Å². The molecule has 1 N–H and O–H groups in total. The maximum absolute atomic E-state index is 12.4. The topological polar surface area (TPSA) is 67.9 Å². The number of likely N-dealkylation sites (tertiary alicyclic amines) is 1. The summed E-state index contributed by atoms with van der Waals surface area (Å²) >= 11 is 0. The molecule has 0 radical (unpaired) electrons. The van der Waals surface area contributed by atoms with E-state index in [-0.39, 0.29) is 24.6 Å². The molecule has 23 heavy (non-hydrogen) atoms. The van der Waals surface area contributed by atoms with Gasteiger partial charge in [-0.3, -0.25) is 9.59 Å². The molecule has 1 aromatic rings. The maximum atomic E-state index is 12.4. The lowest BCUT2D eigenvalue weighted by Gasteiger charge is -2.33. The molecule has 6 nitrogen and oxygen atoms in total. The smallest absolute Gasteiger partial charge is 0.247 e. The molecule has 0 saturated carbocycles. The zero-order valence-corrected chi connectivity index (χ0v) is 13.1. The van der Waals surface area contributed by atoms with Gasteiger partial charge in [0.15, 0.2) is 11.5 Å². The summed E-state index contributed by atoms with van der Waals surface area (Å²) in [7, 11) is 1.60. The van der Waals surface area contributed by atoms with Crippen molar-refractivity contribution in [1.82, 2.24) is 10.2 Å². The highest BCUT2D eigenvalue weighted by molar-refractivity contribution is 5.95. The number of benzene rings is 1. The fourth-order valence-corrected chi connectivity index (χ4v) is 2.91. The van der Waals surface area contributed by atoms with Crippen molar-refractivity contribution < 1.29 is 19.1 Å². The summed E-state index contributed by atoms with van der Waals surface area (Å²) in [5.74, 6) is 1.15. The van der Waals surface area contributed by atoms with Gasteiger partial charge in [0.2, 0.25) is 18.6 Å². The molecule has 2 aliphatic rings. The van der Waals surface area contributed by atoms with E-state index in [1.54, 1.807) is 18.0 Å². The Hall–Kier alpha value is -2.50. The molecule has 2 heterocycles. The number of likely N-dealkylation sites (N-methyl/N-ethyl adjacent to an activating group) is 1. The number of ether oxygens (including phenoxy) is 2. The third-order valence-corrected chi connectivity index (χ3v) is 4.15. The third kappa shape index (κ3) is 3.31. The Morgan fingerprint density at radius 3 is 2.91 bits per heavy atom. The number of piperidine rings is 1. The second kappa shape index (κ2) is 6.73. The number of fused-ring (bicyclic) bond motifs is 1. The van der Waals surface area contributed by atoms with E-state index in [4.69, 9.17) is 9.47 Å². The summed E-state index contributed by atoms with van der Waals surface area (Å²) in [5, 5.41) is 2.63. The Morgan fingerprint density at radius 1 is 1.26 bits per heavy atom. The van der Waals surface area contributed by atoms with E-state index < -0.39 is 0 Å². The van der Waals surface area contributed by atoms with Crippen molar-refractivity contribution >= 4 is 17.9 Å². The minimum absolute atomic E-state index is 0.102. The molecule has 0 bridgehead atoms. The third-order valence-electron chi connectivity index (χ3n) is 4.15. The monoisotopic (exact) mass is 316 g/mol. The highest BCUT2D eigenvalue weighted by Gasteiger charge is 2.30. The van der Waals surface area contributed by atoms with Crippen molar-refractivity contribution in [3.8, 4) is 11.5 Å². The van der Waals surface area contributed by atoms with Gasteiger partial charge in [0.05, 0.1) is 0 Å². The average Bonchev–Trinajstić information content (AvgIpc) is 3.06. The fourth-order valence-electron chi connectivity index (χ4n) is 2.91. The molecular weight excluding hydrogens is 296 g/mol. The van der Waals surface area contributed by atoms with E-state index in [9.17, 15) is 9.59 Å². The molecule has 122 valence electrons. The zero-order chi connectivity index (χ0) is 16.2. The van der Waals surface area contributed by atoms with Gasteiger partial charge in [0, 0.05) is 19.7 Å². The maximum Gasteiger partial charge on any atom is 0.247 e. The Morgan fingerprint density at radius 2 is 2.09 bits per heavy atom. The SMILES string of the molecule is CNC(=O)[C@@H]1CCCCN1C(=O)/C=C\c1ccc2c(c1)OCO2. The van der Waals surface area contributed by atoms with Crippen LogP contribution in [0.2, 0.25) is 0 Å². The molecule has 3 rings (SSSR count). The molecular formula is C17H20N2O4. The molecule has 1 fully saturated rings. The van der Waals surface area contributed by atoms with Crippen molar-refractivity contribution in [2.75, 3.05) is 20.4 Å². The Bertz CT molecular complexity index is 641. The summed E-state index contributed by atoms with van der Waals surface area (Å²) in [4.78, 5) is 26.0. The van der Waals surface area contributed by atoms with E-state index in [2.05, 4.69) is 5.32 Å². The molecule has 2 aliphatic heterocycles.